The smallest absolute Gasteiger partial charge is 0.0561 e. The molecule has 12 aromatic rings. The number of rotatable bonds is 9. The Morgan fingerprint density at radius 3 is 1.42 bits per heavy atom. The third kappa shape index (κ3) is 7.02. The maximum Gasteiger partial charge on any atom is 0.0561 e. The average Bonchev–Trinajstić information content (AvgIpc) is 3.73. The van der Waals surface area contributed by atoms with Crippen LogP contribution in [0.4, 0.5) is 17.1 Å². The van der Waals surface area contributed by atoms with Gasteiger partial charge >= 0.3 is 0 Å². The van der Waals surface area contributed by atoms with Gasteiger partial charge in [-0.05, 0) is 127 Å². The maximum absolute atomic E-state index is 2.40. The minimum Gasteiger partial charge on any atom is -0.310 e. The summed E-state index contributed by atoms with van der Waals surface area (Å²) >= 11 is 0. The second-order valence-electron chi connectivity index (χ2n) is 16.9. The minimum atomic E-state index is 1.08. The molecule has 12 rings (SSSR count). The van der Waals surface area contributed by atoms with Crippen molar-refractivity contribution < 1.29 is 0 Å². The van der Waals surface area contributed by atoms with Gasteiger partial charge < -0.3 is 9.47 Å². The van der Waals surface area contributed by atoms with Crippen LogP contribution in [0.2, 0.25) is 0 Å². The normalized spacial score (nSPS) is 11.3. The Labute approximate surface area is 385 Å². The lowest BCUT2D eigenvalue weighted by atomic mass is 9.89. The second kappa shape index (κ2) is 16.8. The molecule has 0 aliphatic carbocycles. The fraction of sp³-hybridized carbons (Fsp3) is 0. The zero-order chi connectivity index (χ0) is 43.8. The summed E-state index contributed by atoms with van der Waals surface area (Å²) in [6, 6.07) is 96.9. The van der Waals surface area contributed by atoms with Crippen LogP contribution in [0.25, 0.3) is 93.9 Å². The number of fused-ring (bicyclic) bond motifs is 4. The monoisotopic (exact) mass is 840 g/mol. The number of hydrogen-bond donors (Lipinski definition) is 0. The molecule has 2 heteroatoms. The van der Waals surface area contributed by atoms with Gasteiger partial charge in [0.1, 0.15) is 0 Å². The van der Waals surface area contributed by atoms with Crippen LogP contribution >= 0.6 is 0 Å². The van der Waals surface area contributed by atoms with Crippen molar-refractivity contribution in [3.8, 4) is 61.3 Å². The molecule has 0 atom stereocenters. The lowest BCUT2D eigenvalue weighted by Crippen LogP contribution is -2.10. The van der Waals surface area contributed by atoms with Gasteiger partial charge in [-0.1, -0.05) is 206 Å². The highest BCUT2D eigenvalue weighted by atomic mass is 15.1. The Bertz CT molecular complexity index is 3650. The standard InChI is InChI=1S/C64H44N2/c1-5-17-45(18-6-1)51-34-40-56(61(43-51)46-19-7-2-8-20-46)48-29-35-53(36-30-48)65(55-39-42-60-59-27-15-16-28-62(59)66(63(60)44-55)52-24-11-4-12-25-52)54-37-31-49(32-38-54)58-41-33-47-21-13-14-26-57(47)64(58)50-22-9-3-10-23-50/h1-44H. The summed E-state index contributed by atoms with van der Waals surface area (Å²) in [7, 11) is 0. The molecule has 2 nitrogen and oxygen atoms in total. The molecule has 1 aromatic heterocycles. The van der Waals surface area contributed by atoms with Gasteiger partial charge in [-0.2, -0.15) is 0 Å². The van der Waals surface area contributed by atoms with E-state index in [4.69, 9.17) is 0 Å². The van der Waals surface area contributed by atoms with Crippen molar-refractivity contribution in [3.05, 3.63) is 267 Å². The predicted molar refractivity (Wildman–Crippen MR) is 280 cm³/mol. The molecule has 0 aliphatic heterocycles. The number of aromatic nitrogens is 1. The molecule has 66 heavy (non-hydrogen) atoms. The minimum absolute atomic E-state index is 1.08. The van der Waals surface area contributed by atoms with Crippen LogP contribution < -0.4 is 4.90 Å². The lowest BCUT2D eigenvalue weighted by molar-refractivity contribution is 1.18. The predicted octanol–water partition coefficient (Wildman–Crippen LogP) is 17.7. The van der Waals surface area contributed by atoms with Crippen LogP contribution in [0.15, 0.2) is 267 Å². The molecule has 0 unspecified atom stereocenters. The Kier molecular flexibility index (Phi) is 9.89. The fourth-order valence-electron chi connectivity index (χ4n) is 9.87. The largest absolute Gasteiger partial charge is 0.310 e. The van der Waals surface area contributed by atoms with Crippen LogP contribution in [-0.2, 0) is 0 Å². The second-order valence-corrected chi connectivity index (χ2v) is 16.9. The topological polar surface area (TPSA) is 8.17 Å². The van der Waals surface area contributed by atoms with Crippen LogP contribution in [0.1, 0.15) is 0 Å². The first-order valence-electron chi connectivity index (χ1n) is 22.7. The van der Waals surface area contributed by atoms with Gasteiger partial charge in [-0.3, -0.25) is 0 Å². The molecule has 11 aromatic carbocycles. The number of para-hydroxylation sites is 2. The van der Waals surface area contributed by atoms with E-state index in [0.717, 1.165) is 33.8 Å². The van der Waals surface area contributed by atoms with Gasteiger partial charge in [0.05, 0.1) is 11.0 Å². The summed E-state index contributed by atoms with van der Waals surface area (Å²) in [5.41, 5.74) is 18.7. The Hall–Kier alpha value is -8.72. The molecule has 0 radical (unpaired) electrons. The van der Waals surface area contributed by atoms with E-state index < -0.39 is 0 Å². The first-order chi connectivity index (χ1) is 32.7. The van der Waals surface area contributed by atoms with E-state index in [0.29, 0.717) is 0 Å². The van der Waals surface area contributed by atoms with Crippen LogP contribution in [0, 0.1) is 0 Å². The fourth-order valence-corrected chi connectivity index (χ4v) is 9.87. The van der Waals surface area contributed by atoms with E-state index in [1.54, 1.807) is 0 Å². The van der Waals surface area contributed by atoms with E-state index in [9.17, 15) is 0 Å². The zero-order valence-electron chi connectivity index (χ0n) is 36.3. The summed E-state index contributed by atoms with van der Waals surface area (Å²) in [6.07, 6.45) is 0. The van der Waals surface area contributed by atoms with Gasteiger partial charge in [0.15, 0.2) is 0 Å². The number of nitrogens with zero attached hydrogens (tertiary/aromatic N) is 2. The summed E-state index contributed by atoms with van der Waals surface area (Å²) in [4.78, 5) is 2.40. The highest BCUT2D eigenvalue weighted by Gasteiger charge is 2.20. The molecule has 0 saturated heterocycles. The van der Waals surface area contributed by atoms with Crippen molar-refractivity contribution in [3.63, 3.8) is 0 Å². The van der Waals surface area contributed by atoms with Gasteiger partial charge in [-0.15, -0.1) is 0 Å². The summed E-state index contributed by atoms with van der Waals surface area (Å²) < 4.78 is 2.40. The van der Waals surface area contributed by atoms with Crippen molar-refractivity contribution in [2.45, 2.75) is 0 Å². The first kappa shape index (κ1) is 38.9. The number of benzene rings is 11. The summed E-state index contributed by atoms with van der Waals surface area (Å²) in [5, 5.41) is 4.94. The highest BCUT2D eigenvalue weighted by Crippen LogP contribution is 2.44. The Morgan fingerprint density at radius 1 is 0.258 bits per heavy atom. The van der Waals surface area contributed by atoms with Crippen molar-refractivity contribution >= 4 is 49.6 Å². The maximum atomic E-state index is 2.40. The first-order valence-corrected chi connectivity index (χ1v) is 22.7. The van der Waals surface area contributed by atoms with Crippen LogP contribution in [-0.4, -0.2) is 4.57 Å². The third-order valence-corrected chi connectivity index (χ3v) is 13.0. The third-order valence-electron chi connectivity index (χ3n) is 13.0. The Balaban J connectivity index is 1.01. The summed E-state index contributed by atoms with van der Waals surface area (Å²) in [6.45, 7) is 0. The summed E-state index contributed by atoms with van der Waals surface area (Å²) in [5.74, 6) is 0. The molecule has 0 N–H and O–H groups in total. The van der Waals surface area contributed by atoms with Gasteiger partial charge in [0.25, 0.3) is 0 Å². The molecule has 0 bridgehead atoms. The highest BCUT2D eigenvalue weighted by molar-refractivity contribution is 6.10. The van der Waals surface area contributed by atoms with Crippen LogP contribution in [0.3, 0.4) is 0 Å². The van der Waals surface area contributed by atoms with E-state index in [-0.39, 0.29) is 0 Å². The molecule has 0 aliphatic rings. The number of anilines is 3. The van der Waals surface area contributed by atoms with E-state index >= 15 is 0 Å². The molecule has 0 amide bonds. The molecule has 0 spiro atoms. The van der Waals surface area contributed by atoms with Gasteiger partial charge in [-0.25, -0.2) is 0 Å². The SMILES string of the molecule is c1ccc(-c2ccc(-c3ccc(N(c4ccc(-c5ccc6ccccc6c5-c5ccccc5)cc4)c4ccc5c6ccccc6n(-c6ccccc6)c5c4)cc3)c(-c3ccccc3)c2)cc1. The zero-order valence-corrected chi connectivity index (χ0v) is 36.3. The van der Waals surface area contributed by atoms with Crippen molar-refractivity contribution in [1.82, 2.24) is 4.57 Å². The molecule has 1 heterocycles. The lowest BCUT2D eigenvalue weighted by Gasteiger charge is -2.26. The molecular formula is C64H44N2. The number of hydrogen-bond acceptors (Lipinski definition) is 1. The molecule has 310 valence electrons. The Morgan fingerprint density at radius 2 is 0.742 bits per heavy atom. The van der Waals surface area contributed by atoms with Crippen molar-refractivity contribution in [2.24, 2.45) is 0 Å². The van der Waals surface area contributed by atoms with Crippen molar-refractivity contribution in [1.29, 1.82) is 0 Å². The van der Waals surface area contributed by atoms with E-state index in [1.807, 2.05) is 0 Å². The average molecular weight is 841 g/mol. The van der Waals surface area contributed by atoms with Crippen LogP contribution in [0.5, 0.6) is 0 Å². The molecule has 0 saturated carbocycles. The van der Waals surface area contributed by atoms with E-state index in [2.05, 4.69) is 276 Å². The van der Waals surface area contributed by atoms with Gasteiger partial charge in [0, 0.05) is 33.5 Å². The van der Waals surface area contributed by atoms with Gasteiger partial charge in [0.2, 0.25) is 0 Å². The molecule has 0 fully saturated rings. The van der Waals surface area contributed by atoms with E-state index in [1.165, 1.54) is 77.1 Å². The quantitative estimate of drug-likeness (QED) is 0.141. The van der Waals surface area contributed by atoms with Crippen molar-refractivity contribution in [2.75, 3.05) is 4.90 Å². The molecular weight excluding hydrogens is 797 g/mol.